The standard InChI is InChI=1S/C18H23N3O3S/c1-11-2-3-12(6-11)7-17(23)19-9-13(22)10-20-18(24)15-8-16-14(21-15)4-5-25-16/h4-5,7-8,11,13,21-22H,2-3,6,9-10H2,1H3,(H,19,23)(H,20,24)/b12-7+. The van der Waals surface area contributed by atoms with Crippen LogP contribution in [0, 0.1) is 5.92 Å². The highest BCUT2D eigenvalue weighted by molar-refractivity contribution is 7.17. The van der Waals surface area contributed by atoms with E-state index in [1.165, 1.54) is 5.57 Å². The van der Waals surface area contributed by atoms with Crippen LogP contribution in [-0.4, -0.2) is 41.1 Å². The van der Waals surface area contributed by atoms with E-state index in [4.69, 9.17) is 0 Å². The first-order valence-electron chi connectivity index (χ1n) is 8.51. The lowest BCUT2D eigenvalue weighted by molar-refractivity contribution is -0.117. The predicted molar refractivity (Wildman–Crippen MR) is 98.6 cm³/mol. The highest BCUT2D eigenvalue weighted by Crippen LogP contribution is 2.29. The van der Waals surface area contributed by atoms with Gasteiger partial charge in [0.15, 0.2) is 0 Å². The van der Waals surface area contributed by atoms with Gasteiger partial charge in [0.1, 0.15) is 5.69 Å². The van der Waals surface area contributed by atoms with Crippen molar-refractivity contribution in [1.29, 1.82) is 0 Å². The van der Waals surface area contributed by atoms with Crippen LogP contribution in [-0.2, 0) is 4.79 Å². The van der Waals surface area contributed by atoms with E-state index in [-0.39, 0.29) is 24.9 Å². The maximum atomic E-state index is 12.1. The van der Waals surface area contributed by atoms with Gasteiger partial charge in [-0.1, -0.05) is 12.5 Å². The van der Waals surface area contributed by atoms with Gasteiger partial charge in [0.2, 0.25) is 5.91 Å². The molecule has 0 aromatic carbocycles. The smallest absolute Gasteiger partial charge is 0.267 e. The second-order valence-corrected chi connectivity index (χ2v) is 7.59. The van der Waals surface area contributed by atoms with E-state index >= 15 is 0 Å². The van der Waals surface area contributed by atoms with E-state index in [1.807, 2.05) is 11.4 Å². The van der Waals surface area contributed by atoms with Crippen molar-refractivity contribution in [1.82, 2.24) is 15.6 Å². The van der Waals surface area contributed by atoms with E-state index in [9.17, 15) is 14.7 Å². The van der Waals surface area contributed by atoms with Crippen molar-refractivity contribution in [2.45, 2.75) is 32.3 Å². The molecule has 2 aromatic rings. The highest BCUT2D eigenvalue weighted by Gasteiger charge is 2.16. The third-order valence-electron chi connectivity index (χ3n) is 4.40. The lowest BCUT2D eigenvalue weighted by Gasteiger charge is -2.12. The van der Waals surface area contributed by atoms with Gasteiger partial charge < -0.3 is 20.7 Å². The molecule has 2 aromatic heterocycles. The number of rotatable bonds is 6. The Bertz CT molecular complexity index is 764. The van der Waals surface area contributed by atoms with E-state index < -0.39 is 6.10 Å². The van der Waals surface area contributed by atoms with Gasteiger partial charge in [-0.3, -0.25) is 9.59 Å². The number of hydrogen-bond acceptors (Lipinski definition) is 4. The summed E-state index contributed by atoms with van der Waals surface area (Å²) in [4.78, 5) is 27.0. The van der Waals surface area contributed by atoms with Crippen molar-refractivity contribution in [2.75, 3.05) is 13.1 Å². The fourth-order valence-electron chi connectivity index (χ4n) is 3.02. The minimum atomic E-state index is -0.829. The Labute approximate surface area is 150 Å². The second-order valence-electron chi connectivity index (χ2n) is 6.64. The van der Waals surface area contributed by atoms with Crippen molar-refractivity contribution >= 4 is 33.4 Å². The Kier molecular flexibility index (Phi) is 5.55. The molecular weight excluding hydrogens is 338 g/mol. The molecule has 1 aliphatic carbocycles. The zero-order chi connectivity index (χ0) is 17.8. The van der Waals surface area contributed by atoms with Crippen molar-refractivity contribution < 1.29 is 14.7 Å². The molecule has 0 saturated heterocycles. The summed E-state index contributed by atoms with van der Waals surface area (Å²) >= 11 is 1.56. The maximum Gasteiger partial charge on any atom is 0.267 e. The molecule has 25 heavy (non-hydrogen) atoms. The molecule has 1 fully saturated rings. The average Bonchev–Trinajstić information content (AvgIpc) is 3.26. The predicted octanol–water partition coefficient (Wildman–Crippen LogP) is 2.18. The topological polar surface area (TPSA) is 94.2 Å². The van der Waals surface area contributed by atoms with Crippen molar-refractivity contribution in [2.24, 2.45) is 5.92 Å². The van der Waals surface area contributed by atoms with Crippen LogP contribution < -0.4 is 10.6 Å². The normalized spacial score (nSPS) is 20.1. The first-order chi connectivity index (χ1) is 12.0. The van der Waals surface area contributed by atoms with E-state index in [0.29, 0.717) is 11.6 Å². The van der Waals surface area contributed by atoms with E-state index in [0.717, 1.165) is 29.5 Å². The van der Waals surface area contributed by atoms with Crippen molar-refractivity contribution in [3.63, 3.8) is 0 Å². The van der Waals surface area contributed by atoms with Crippen LogP contribution in [0.15, 0.2) is 29.2 Å². The number of aromatic nitrogens is 1. The molecule has 4 N–H and O–H groups in total. The lowest BCUT2D eigenvalue weighted by Crippen LogP contribution is -2.39. The Hall–Kier alpha value is -2.12. The molecule has 0 radical (unpaired) electrons. The number of aliphatic hydroxyl groups is 1. The van der Waals surface area contributed by atoms with E-state index in [2.05, 4.69) is 22.5 Å². The minimum Gasteiger partial charge on any atom is -0.389 e. The quantitative estimate of drug-likeness (QED) is 0.594. The number of carbonyl (C=O) groups excluding carboxylic acids is 2. The number of aliphatic hydroxyl groups excluding tert-OH is 1. The molecule has 134 valence electrons. The summed E-state index contributed by atoms with van der Waals surface area (Å²) < 4.78 is 1.02. The third-order valence-corrected chi connectivity index (χ3v) is 5.26. The molecule has 1 aliphatic rings. The molecule has 7 heteroatoms. The second kappa shape index (κ2) is 7.84. The number of thiophene rings is 1. The first kappa shape index (κ1) is 17.7. The van der Waals surface area contributed by atoms with Gasteiger partial charge in [0, 0.05) is 19.2 Å². The summed E-state index contributed by atoms with van der Waals surface area (Å²) in [6.07, 6.45) is 3.88. The number of amides is 2. The van der Waals surface area contributed by atoms with Crippen molar-refractivity contribution in [3.05, 3.63) is 34.9 Å². The summed E-state index contributed by atoms with van der Waals surface area (Å²) in [7, 11) is 0. The monoisotopic (exact) mass is 361 g/mol. The van der Waals surface area contributed by atoms with Crippen LogP contribution in [0.4, 0.5) is 0 Å². The third kappa shape index (κ3) is 4.70. The summed E-state index contributed by atoms with van der Waals surface area (Å²) in [5.41, 5.74) is 2.56. The lowest BCUT2D eigenvalue weighted by atomic mass is 10.1. The fourth-order valence-corrected chi connectivity index (χ4v) is 3.80. The largest absolute Gasteiger partial charge is 0.389 e. The summed E-state index contributed by atoms with van der Waals surface area (Å²) in [6, 6.07) is 3.71. The van der Waals surface area contributed by atoms with Gasteiger partial charge in [-0.2, -0.15) is 0 Å². The van der Waals surface area contributed by atoms with Gasteiger partial charge in [-0.15, -0.1) is 11.3 Å². The van der Waals surface area contributed by atoms with Gasteiger partial charge in [0.05, 0.1) is 16.3 Å². The Morgan fingerprint density at radius 1 is 1.44 bits per heavy atom. The molecule has 6 nitrogen and oxygen atoms in total. The number of carbonyl (C=O) groups is 2. The Morgan fingerprint density at radius 2 is 2.24 bits per heavy atom. The van der Waals surface area contributed by atoms with Crippen LogP contribution >= 0.6 is 11.3 Å². The summed E-state index contributed by atoms with van der Waals surface area (Å²) in [6.45, 7) is 2.37. The molecule has 0 aliphatic heterocycles. The van der Waals surface area contributed by atoms with Crippen LogP contribution in [0.2, 0.25) is 0 Å². The SMILES string of the molecule is CC1CC/C(=C\C(=O)NCC(O)CNC(=O)c2cc3sccc3[nH]2)C1. The number of nitrogens with one attached hydrogen (secondary N) is 3. The molecule has 2 atom stereocenters. The number of aromatic amines is 1. The molecule has 3 rings (SSSR count). The van der Waals surface area contributed by atoms with Crippen LogP contribution in [0.5, 0.6) is 0 Å². The number of H-pyrrole nitrogens is 1. The highest BCUT2D eigenvalue weighted by atomic mass is 32.1. The van der Waals surface area contributed by atoms with Gasteiger partial charge in [0.25, 0.3) is 5.91 Å². The molecule has 0 spiro atoms. The number of allylic oxidation sites excluding steroid dienone is 1. The fraction of sp³-hybridized carbons (Fsp3) is 0.444. The van der Waals surface area contributed by atoms with Gasteiger partial charge in [-0.25, -0.2) is 0 Å². The number of fused-ring (bicyclic) bond motifs is 1. The zero-order valence-corrected chi connectivity index (χ0v) is 15.0. The Morgan fingerprint density at radius 3 is 2.96 bits per heavy atom. The Balaban J connectivity index is 1.40. The van der Waals surface area contributed by atoms with Crippen LogP contribution in [0.3, 0.4) is 0 Å². The first-order valence-corrected chi connectivity index (χ1v) is 9.39. The molecule has 1 saturated carbocycles. The van der Waals surface area contributed by atoms with Crippen LogP contribution in [0.25, 0.3) is 10.2 Å². The summed E-state index contributed by atoms with van der Waals surface area (Å²) in [5, 5.41) is 17.2. The summed E-state index contributed by atoms with van der Waals surface area (Å²) in [5.74, 6) is 0.193. The van der Waals surface area contributed by atoms with E-state index in [1.54, 1.807) is 23.5 Å². The van der Waals surface area contributed by atoms with Crippen LogP contribution in [0.1, 0.15) is 36.7 Å². The average molecular weight is 361 g/mol. The molecule has 2 heterocycles. The minimum absolute atomic E-state index is 0.0827. The van der Waals surface area contributed by atoms with Gasteiger partial charge >= 0.3 is 0 Å². The zero-order valence-electron chi connectivity index (χ0n) is 14.2. The molecular formula is C18H23N3O3S. The molecule has 2 unspecified atom stereocenters. The van der Waals surface area contributed by atoms with Gasteiger partial charge in [-0.05, 0) is 42.7 Å². The van der Waals surface area contributed by atoms with Crippen molar-refractivity contribution in [3.8, 4) is 0 Å². The molecule has 0 bridgehead atoms. The number of hydrogen-bond donors (Lipinski definition) is 4. The maximum absolute atomic E-state index is 12.1. The molecule has 2 amide bonds.